The van der Waals surface area contributed by atoms with Crippen LogP contribution in [0.3, 0.4) is 0 Å². The second-order valence-electron chi connectivity index (χ2n) is 7.77. The summed E-state index contributed by atoms with van der Waals surface area (Å²) in [5, 5.41) is 15.9. The average Bonchev–Trinajstić information content (AvgIpc) is 3.18. The van der Waals surface area contributed by atoms with Crippen LogP contribution in [0.2, 0.25) is 0 Å². The van der Waals surface area contributed by atoms with Crippen molar-refractivity contribution in [3.05, 3.63) is 59.2 Å². The monoisotopic (exact) mass is 449 g/mol. The normalized spacial score (nSPS) is 13.6. The van der Waals surface area contributed by atoms with Crippen molar-refractivity contribution in [2.75, 3.05) is 25.5 Å². The highest BCUT2D eigenvalue weighted by molar-refractivity contribution is 5.82. The van der Waals surface area contributed by atoms with Gasteiger partial charge < -0.3 is 25.6 Å². The SMILES string of the molecule is CCN(C)C(=O)NCc1cccc2[nH]c(NC(C)(CO)c3cccc(C(F)(F)F)c3)nc12. The molecule has 1 unspecified atom stereocenters. The molecule has 0 radical (unpaired) electrons. The number of urea groups is 1. The van der Waals surface area contributed by atoms with E-state index in [1.165, 1.54) is 12.1 Å². The van der Waals surface area contributed by atoms with E-state index in [4.69, 9.17) is 0 Å². The number of nitrogens with one attached hydrogen (secondary N) is 3. The van der Waals surface area contributed by atoms with Crippen LogP contribution in [0.4, 0.5) is 23.9 Å². The van der Waals surface area contributed by atoms with Crippen LogP contribution >= 0.6 is 0 Å². The molecule has 10 heteroatoms. The van der Waals surface area contributed by atoms with Crippen molar-refractivity contribution in [3.8, 4) is 0 Å². The third kappa shape index (κ3) is 4.96. The highest BCUT2D eigenvalue weighted by Crippen LogP contribution is 2.33. The van der Waals surface area contributed by atoms with Gasteiger partial charge in [-0.2, -0.15) is 13.2 Å². The second-order valence-corrected chi connectivity index (χ2v) is 7.77. The predicted molar refractivity (Wildman–Crippen MR) is 116 cm³/mol. The Balaban J connectivity index is 1.87. The Morgan fingerprint density at radius 2 is 1.88 bits per heavy atom. The van der Waals surface area contributed by atoms with E-state index in [1.54, 1.807) is 24.9 Å². The van der Waals surface area contributed by atoms with Gasteiger partial charge in [0.1, 0.15) is 0 Å². The summed E-state index contributed by atoms with van der Waals surface area (Å²) in [6, 6.07) is 10.1. The zero-order valence-electron chi connectivity index (χ0n) is 18.0. The molecule has 0 spiro atoms. The van der Waals surface area contributed by atoms with Gasteiger partial charge in [0, 0.05) is 20.1 Å². The number of aromatic nitrogens is 2. The fourth-order valence-electron chi connectivity index (χ4n) is 3.25. The number of nitrogens with zero attached hydrogens (tertiary/aromatic N) is 2. The van der Waals surface area contributed by atoms with Crippen LogP contribution in [0.25, 0.3) is 11.0 Å². The Morgan fingerprint density at radius 3 is 2.53 bits per heavy atom. The summed E-state index contributed by atoms with van der Waals surface area (Å²) < 4.78 is 39.4. The molecule has 0 saturated heterocycles. The van der Waals surface area contributed by atoms with Gasteiger partial charge in [-0.1, -0.05) is 24.3 Å². The van der Waals surface area contributed by atoms with Crippen molar-refractivity contribution in [2.24, 2.45) is 0 Å². The summed E-state index contributed by atoms with van der Waals surface area (Å²) in [4.78, 5) is 21.2. The Labute approximate surface area is 183 Å². The van der Waals surface area contributed by atoms with E-state index in [1.807, 2.05) is 19.1 Å². The van der Waals surface area contributed by atoms with Gasteiger partial charge in [0.05, 0.1) is 28.7 Å². The molecule has 1 aromatic heterocycles. The number of anilines is 1. The first-order valence-electron chi connectivity index (χ1n) is 10.1. The van der Waals surface area contributed by atoms with Gasteiger partial charge in [-0.15, -0.1) is 0 Å². The fourth-order valence-corrected chi connectivity index (χ4v) is 3.25. The third-order valence-electron chi connectivity index (χ3n) is 5.38. The lowest BCUT2D eigenvalue weighted by atomic mass is 9.91. The Morgan fingerprint density at radius 1 is 1.19 bits per heavy atom. The molecule has 0 bridgehead atoms. The van der Waals surface area contributed by atoms with Crippen LogP contribution in [0.5, 0.6) is 0 Å². The van der Waals surface area contributed by atoms with Gasteiger partial charge >= 0.3 is 12.2 Å². The number of alkyl halides is 3. The summed E-state index contributed by atoms with van der Waals surface area (Å²) in [5.74, 6) is 0.290. The van der Waals surface area contributed by atoms with E-state index < -0.39 is 23.9 Å². The van der Waals surface area contributed by atoms with Crippen LogP contribution in [0.1, 0.15) is 30.5 Å². The number of hydrogen-bond donors (Lipinski definition) is 4. The number of hydrogen-bond acceptors (Lipinski definition) is 4. The molecule has 2 amide bonds. The number of aromatic amines is 1. The van der Waals surface area contributed by atoms with E-state index >= 15 is 0 Å². The van der Waals surface area contributed by atoms with E-state index in [0.29, 0.717) is 23.5 Å². The third-order valence-corrected chi connectivity index (χ3v) is 5.38. The highest BCUT2D eigenvalue weighted by atomic mass is 19.4. The molecule has 0 aliphatic rings. The first-order valence-corrected chi connectivity index (χ1v) is 10.1. The first kappa shape index (κ1) is 23.4. The summed E-state index contributed by atoms with van der Waals surface area (Å²) >= 11 is 0. The number of halogens is 3. The van der Waals surface area contributed by atoms with Gasteiger partial charge in [0.25, 0.3) is 0 Å². The summed E-state index contributed by atoms with van der Waals surface area (Å²) in [7, 11) is 1.69. The van der Waals surface area contributed by atoms with E-state index in [2.05, 4.69) is 20.6 Å². The maximum Gasteiger partial charge on any atom is 0.416 e. The second kappa shape index (κ2) is 9.07. The molecule has 0 aliphatic heterocycles. The number of rotatable bonds is 7. The minimum Gasteiger partial charge on any atom is -0.394 e. The molecule has 172 valence electrons. The summed E-state index contributed by atoms with van der Waals surface area (Å²) in [6.45, 7) is 3.83. The lowest BCUT2D eigenvalue weighted by Gasteiger charge is -2.29. The zero-order valence-corrected chi connectivity index (χ0v) is 18.0. The molecular weight excluding hydrogens is 423 g/mol. The van der Waals surface area contributed by atoms with Gasteiger partial charge in [-0.05, 0) is 43.2 Å². The van der Waals surface area contributed by atoms with Crippen molar-refractivity contribution in [2.45, 2.75) is 32.1 Å². The number of fused-ring (bicyclic) bond motifs is 1. The highest BCUT2D eigenvalue weighted by Gasteiger charge is 2.34. The van der Waals surface area contributed by atoms with Crippen molar-refractivity contribution >= 4 is 23.0 Å². The molecule has 2 aromatic carbocycles. The minimum atomic E-state index is -4.49. The van der Waals surface area contributed by atoms with Crippen LogP contribution in [-0.2, 0) is 18.3 Å². The number of H-pyrrole nitrogens is 1. The molecule has 32 heavy (non-hydrogen) atoms. The predicted octanol–water partition coefficient (Wildman–Crippen LogP) is 4.06. The first-order chi connectivity index (χ1) is 15.1. The van der Waals surface area contributed by atoms with Gasteiger partial charge in [0.2, 0.25) is 5.95 Å². The number of imidazole rings is 1. The fraction of sp³-hybridized carbons (Fsp3) is 0.364. The quantitative estimate of drug-likeness (QED) is 0.438. The molecule has 0 aliphatic carbocycles. The Bertz CT molecular complexity index is 1100. The lowest BCUT2D eigenvalue weighted by molar-refractivity contribution is -0.137. The largest absolute Gasteiger partial charge is 0.416 e. The van der Waals surface area contributed by atoms with Crippen molar-refractivity contribution in [1.29, 1.82) is 0 Å². The number of para-hydroxylation sites is 1. The lowest BCUT2D eigenvalue weighted by Crippen LogP contribution is -2.36. The Kier molecular flexibility index (Phi) is 6.63. The van der Waals surface area contributed by atoms with Crippen LogP contribution in [0, 0.1) is 0 Å². The standard InChI is InChI=1S/C22H26F3N5O2/c1-4-30(3)20(32)26-12-14-7-5-10-17-18(14)28-19(27-17)29-21(2,13-31)15-8-6-9-16(11-15)22(23,24)25/h5-11,31H,4,12-13H2,1-3H3,(H,26,32)(H2,27,28,29). The van der Waals surface area contributed by atoms with Gasteiger partial charge in [-0.25, -0.2) is 9.78 Å². The molecule has 1 heterocycles. The zero-order chi connectivity index (χ0) is 23.5. The van der Waals surface area contributed by atoms with E-state index in [0.717, 1.165) is 17.7 Å². The van der Waals surface area contributed by atoms with Crippen LogP contribution in [0.15, 0.2) is 42.5 Å². The molecular formula is C22H26F3N5O2. The number of benzene rings is 2. The smallest absolute Gasteiger partial charge is 0.394 e. The van der Waals surface area contributed by atoms with Crippen LogP contribution in [-0.4, -0.2) is 46.2 Å². The Hall–Kier alpha value is -3.27. The van der Waals surface area contributed by atoms with Gasteiger partial charge in [0.15, 0.2) is 0 Å². The summed E-state index contributed by atoms with van der Waals surface area (Å²) in [6.07, 6.45) is -4.49. The average molecular weight is 449 g/mol. The number of carbonyl (C=O) groups is 1. The maximum atomic E-state index is 13.1. The van der Waals surface area contributed by atoms with Gasteiger partial charge in [-0.3, -0.25) is 0 Å². The maximum absolute atomic E-state index is 13.1. The molecule has 3 aromatic rings. The number of aliphatic hydroxyl groups excluding tert-OH is 1. The molecule has 4 N–H and O–H groups in total. The summed E-state index contributed by atoms with van der Waals surface area (Å²) in [5.41, 5.74) is 0.329. The van der Waals surface area contributed by atoms with Crippen molar-refractivity contribution < 1.29 is 23.1 Å². The van der Waals surface area contributed by atoms with Crippen molar-refractivity contribution in [3.63, 3.8) is 0 Å². The molecule has 0 fully saturated rings. The topological polar surface area (TPSA) is 93.3 Å². The van der Waals surface area contributed by atoms with E-state index in [-0.39, 0.29) is 18.1 Å². The molecule has 0 saturated carbocycles. The number of aliphatic hydroxyl groups is 1. The molecule has 3 rings (SSSR count). The molecule has 7 nitrogen and oxygen atoms in total. The van der Waals surface area contributed by atoms with E-state index in [9.17, 15) is 23.1 Å². The number of amides is 2. The molecule has 1 atom stereocenters. The minimum absolute atomic E-state index is 0.212. The van der Waals surface area contributed by atoms with Crippen LogP contribution < -0.4 is 10.6 Å². The van der Waals surface area contributed by atoms with Crippen molar-refractivity contribution in [1.82, 2.24) is 20.2 Å². The number of carbonyl (C=O) groups excluding carboxylic acids is 1.